The number of ether oxygens (including phenoxy) is 1. The van der Waals surface area contributed by atoms with Crippen LogP contribution < -0.4 is 0 Å². The number of rotatable bonds is 8. The van der Waals surface area contributed by atoms with Gasteiger partial charge >= 0.3 is 5.97 Å². The summed E-state index contributed by atoms with van der Waals surface area (Å²) in [6.45, 7) is 8.74. The van der Waals surface area contributed by atoms with E-state index in [4.69, 9.17) is 4.74 Å². The molecule has 26 heavy (non-hydrogen) atoms. The van der Waals surface area contributed by atoms with Crippen molar-refractivity contribution in [3.8, 4) is 11.1 Å². The second-order valence-corrected chi connectivity index (χ2v) is 13.5. The molecule has 0 spiro atoms. The van der Waals surface area contributed by atoms with Crippen LogP contribution in [-0.4, -0.2) is 26.4 Å². The van der Waals surface area contributed by atoms with Gasteiger partial charge in [0.05, 0.1) is 6.61 Å². The van der Waals surface area contributed by atoms with Crippen LogP contribution in [0.2, 0.25) is 25.7 Å². The summed E-state index contributed by atoms with van der Waals surface area (Å²) in [7, 11) is -1.24. The summed E-state index contributed by atoms with van der Waals surface area (Å²) < 4.78 is 5.29. The third kappa shape index (κ3) is 6.26. The van der Waals surface area contributed by atoms with E-state index >= 15 is 0 Å². The number of carbonyl (C=O) groups is 2. The number of esters is 1. The van der Waals surface area contributed by atoms with Crippen LogP contribution in [0.3, 0.4) is 0 Å². The molecule has 0 saturated heterocycles. The highest BCUT2D eigenvalue weighted by molar-refractivity contribution is 6.76. The minimum atomic E-state index is -1.24. The van der Waals surface area contributed by atoms with Gasteiger partial charge in [0.2, 0.25) is 0 Å². The van der Waals surface area contributed by atoms with Crippen molar-refractivity contribution in [1.82, 2.24) is 0 Å². The standard InChI is InChI=1S/C22H28O3Si/c1-17(22(24)25-14-15-26(2,3)4)21(23)16-18-10-12-20(13-11-18)19-8-6-5-7-9-19/h5-13,17H,14-16H2,1-4H3. The van der Waals surface area contributed by atoms with E-state index < -0.39 is 20.0 Å². The first-order valence-corrected chi connectivity index (χ1v) is 12.8. The van der Waals surface area contributed by atoms with Gasteiger partial charge in [0, 0.05) is 14.5 Å². The summed E-state index contributed by atoms with van der Waals surface area (Å²) in [6, 6.07) is 18.9. The van der Waals surface area contributed by atoms with Crippen molar-refractivity contribution in [2.75, 3.05) is 6.61 Å². The molecule has 1 unspecified atom stereocenters. The zero-order valence-corrected chi connectivity index (χ0v) is 17.1. The maximum Gasteiger partial charge on any atom is 0.316 e. The summed E-state index contributed by atoms with van der Waals surface area (Å²) in [4.78, 5) is 24.4. The Hall–Kier alpha value is -2.20. The first-order chi connectivity index (χ1) is 12.3. The highest BCUT2D eigenvalue weighted by atomic mass is 28.3. The van der Waals surface area contributed by atoms with Gasteiger partial charge in [-0.1, -0.05) is 74.2 Å². The molecule has 4 heteroatoms. The Morgan fingerprint density at radius 2 is 1.50 bits per heavy atom. The van der Waals surface area contributed by atoms with E-state index in [1.165, 1.54) is 0 Å². The van der Waals surface area contributed by atoms with Crippen LogP contribution in [0.5, 0.6) is 0 Å². The van der Waals surface area contributed by atoms with Gasteiger partial charge in [0.25, 0.3) is 0 Å². The fourth-order valence-corrected chi connectivity index (χ4v) is 3.23. The summed E-state index contributed by atoms with van der Waals surface area (Å²) >= 11 is 0. The van der Waals surface area contributed by atoms with Gasteiger partial charge in [0.1, 0.15) is 5.92 Å². The molecule has 2 rings (SSSR count). The number of hydrogen-bond donors (Lipinski definition) is 0. The smallest absolute Gasteiger partial charge is 0.316 e. The van der Waals surface area contributed by atoms with Gasteiger partial charge in [-0.3, -0.25) is 9.59 Å². The monoisotopic (exact) mass is 368 g/mol. The molecule has 0 aromatic heterocycles. The summed E-state index contributed by atoms with van der Waals surface area (Å²) in [5, 5.41) is 0. The number of carbonyl (C=O) groups excluding carboxylic acids is 2. The zero-order valence-electron chi connectivity index (χ0n) is 16.1. The fourth-order valence-electron chi connectivity index (χ4n) is 2.51. The normalized spacial score (nSPS) is 12.5. The Bertz CT molecular complexity index is 730. The molecule has 1 atom stereocenters. The molecular weight excluding hydrogens is 340 g/mol. The van der Waals surface area contributed by atoms with Crippen molar-refractivity contribution in [2.24, 2.45) is 5.92 Å². The minimum Gasteiger partial charge on any atom is -0.465 e. The molecule has 2 aromatic carbocycles. The quantitative estimate of drug-likeness (QED) is 0.375. The van der Waals surface area contributed by atoms with Crippen LogP contribution in [-0.2, 0) is 20.7 Å². The van der Waals surface area contributed by atoms with Gasteiger partial charge in [-0.2, -0.15) is 0 Å². The van der Waals surface area contributed by atoms with Crippen molar-refractivity contribution >= 4 is 19.8 Å². The van der Waals surface area contributed by atoms with E-state index in [2.05, 4.69) is 31.8 Å². The van der Waals surface area contributed by atoms with Gasteiger partial charge in [0.15, 0.2) is 5.78 Å². The Morgan fingerprint density at radius 3 is 2.08 bits per heavy atom. The molecule has 0 amide bonds. The summed E-state index contributed by atoms with van der Waals surface area (Å²) in [5.41, 5.74) is 3.17. The minimum absolute atomic E-state index is 0.101. The van der Waals surface area contributed by atoms with Crippen molar-refractivity contribution in [3.63, 3.8) is 0 Å². The highest BCUT2D eigenvalue weighted by Crippen LogP contribution is 2.20. The van der Waals surface area contributed by atoms with Gasteiger partial charge < -0.3 is 4.74 Å². The van der Waals surface area contributed by atoms with Crippen LogP contribution in [0.25, 0.3) is 11.1 Å². The lowest BCUT2D eigenvalue weighted by molar-refractivity contribution is -0.150. The van der Waals surface area contributed by atoms with Crippen LogP contribution in [0.15, 0.2) is 54.6 Å². The van der Waals surface area contributed by atoms with E-state index in [0.717, 1.165) is 22.7 Å². The molecule has 0 fully saturated rings. The molecule has 3 nitrogen and oxygen atoms in total. The van der Waals surface area contributed by atoms with Crippen LogP contribution in [0.1, 0.15) is 12.5 Å². The van der Waals surface area contributed by atoms with E-state index in [1.807, 2.05) is 42.5 Å². The Morgan fingerprint density at radius 1 is 0.923 bits per heavy atom. The predicted octanol–water partition coefficient (Wildman–Crippen LogP) is 4.98. The molecule has 0 N–H and O–H groups in total. The second kappa shape index (κ2) is 8.95. The number of benzene rings is 2. The molecule has 0 aliphatic rings. The summed E-state index contributed by atoms with van der Waals surface area (Å²) in [6.07, 6.45) is 0.249. The largest absolute Gasteiger partial charge is 0.465 e. The van der Waals surface area contributed by atoms with E-state index in [-0.39, 0.29) is 12.2 Å². The molecule has 0 bridgehead atoms. The average molecular weight is 369 g/mol. The maximum absolute atomic E-state index is 12.4. The number of Topliss-reactive ketones (excluding diaryl/α,β-unsaturated/α-hetero) is 1. The second-order valence-electron chi connectivity index (χ2n) is 7.91. The molecule has 138 valence electrons. The average Bonchev–Trinajstić information content (AvgIpc) is 2.61. The first-order valence-electron chi connectivity index (χ1n) is 9.10. The maximum atomic E-state index is 12.4. The van der Waals surface area contributed by atoms with Crippen molar-refractivity contribution in [3.05, 3.63) is 60.2 Å². The lowest BCUT2D eigenvalue weighted by Gasteiger charge is -2.16. The van der Waals surface area contributed by atoms with Crippen molar-refractivity contribution in [2.45, 2.75) is 39.0 Å². The topological polar surface area (TPSA) is 43.4 Å². The third-order valence-corrected chi connectivity index (χ3v) is 6.08. The van der Waals surface area contributed by atoms with Crippen molar-refractivity contribution in [1.29, 1.82) is 0 Å². The first kappa shape index (κ1) is 20.1. The van der Waals surface area contributed by atoms with E-state index in [0.29, 0.717) is 6.61 Å². The molecule has 0 heterocycles. The number of ketones is 1. The highest BCUT2D eigenvalue weighted by Gasteiger charge is 2.23. The molecule has 0 aliphatic carbocycles. The molecule has 2 aromatic rings. The lowest BCUT2D eigenvalue weighted by Crippen LogP contribution is -2.27. The Labute approximate surface area is 157 Å². The molecule has 0 saturated carbocycles. The van der Waals surface area contributed by atoms with Crippen LogP contribution in [0, 0.1) is 5.92 Å². The van der Waals surface area contributed by atoms with E-state index in [1.54, 1.807) is 6.92 Å². The molecule has 0 aliphatic heterocycles. The van der Waals surface area contributed by atoms with Gasteiger partial charge in [-0.05, 0) is 29.7 Å². The molecule has 0 radical (unpaired) electrons. The Balaban J connectivity index is 1.89. The van der Waals surface area contributed by atoms with Crippen LogP contribution >= 0.6 is 0 Å². The van der Waals surface area contributed by atoms with Crippen LogP contribution in [0.4, 0.5) is 0 Å². The Kier molecular flexibility index (Phi) is 6.92. The van der Waals surface area contributed by atoms with E-state index in [9.17, 15) is 9.59 Å². The zero-order chi connectivity index (χ0) is 19.2. The van der Waals surface area contributed by atoms with Gasteiger partial charge in [-0.15, -0.1) is 0 Å². The summed E-state index contributed by atoms with van der Waals surface area (Å²) in [5.74, 6) is -1.23. The predicted molar refractivity (Wildman–Crippen MR) is 109 cm³/mol. The van der Waals surface area contributed by atoms with Gasteiger partial charge in [-0.25, -0.2) is 0 Å². The SMILES string of the molecule is CC(C(=O)Cc1ccc(-c2ccccc2)cc1)C(=O)OCC[Si](C)(C)C. The van der Waals surface area contributed by atoms with Crippen molar-refractivity contribution < 1.29 is 14.3 Å². The molecular formula is C22H28O3Si. The fraction of sp³-hybridized carbons (Fsp3) is 0.364. The number of hydrogen-bond acceptors (Lipinski definition) is 3. The lowest BCUT2D eigenvalue weighted by atomic mass is 9.97. The third-order valence-electron chi connectivity index (χ3n) is 4.37.